The van der Waals surface area contributed by atoms with E-state index in [9.17, 15) is 9.90 Å². The van der Waals surface area contributed by atoms with Crippen LogP contribution < -0.4 is 18.9 Å². The summed E-state index contributed by atoms with van der Waals surface area (Å²) in [5.41, 5.74) is 1.71. The maximum absolute atomic E-state index is 12.5. The first-order valence-corrected chi connectivity index (χ1v) is 11.4. The highest BCUT2D eigenvalue weighted by molar-refractivity contribution is 5.91. The number of benzene rings is 3. The van der Waals surface area contributed by atoms with Crippen LogP contribution in [0.5, 0.6) is 23.0 Å². The van der Waals surface area contributed by atoms with E-state index in [2.05, 4.69) is 0 Å². The van der Waals surface area contributed by atoms with Gasteiger partial charge < -0.3 is 33.5 Å². The molecule has 0 radical (unpaired) electrons. The van der Waals surface area contributed by atoms with Crippen LogP contribution in [0.3, 0.4) is 0 Å². The fraction of sp³-hybridized carbons (Fsp3) is 0.296. The molecular formula is C27H26O8. The van der Waals surface area contributed by atoms with Crippen molar-refractivity contribution < 1.29 is 38.3 Å². The maximum atomic E-state index is 12.5. The van der Waals surface area contributed by atoms with Gasteiger partial charge in [0.1, 0.15) is 48.4 Å². The monoisotopic (exact) mass is 478 g/mol. The second kappa shape index (κ2) is 10.4. The highest BCUT2D eigenvalue weighted by atomic mass is 16.6. The van der Waals surface area contributed by atoms with E-state index in [1.165, 1.54) is 0 Å². The van der Waals surface area contributed by atoms with Crippen LogP contribution in [-0.4, -0.2) is 49.7 Å². The third kappa shape index (κ3) is 6.51. The average Bonchev–Trinajstić information content (AvgIpc) is 3.79. The van der Waals surface area contributed by atoms with Gasteiger partial charge in [0.25, 0.3) is 0 Å². The second-order valence-corrected chi connectivity index (χ2v) is 8.41. The summed E-state index contributed by atoms with van der Waals surface area (Å²) in [7, 11) is 0. The van der Waals surface area contributed by atoms with Crippen molar-refractivity contribution in [2.45, 2.75) is 25.4 Å². The second-order valence-electron chi connectivity index (χ2n) is 8.41. The quantitative estimate of drug-likeness (QED) is 0.192. The Kier molecular flexibility index (Phi) is 6.85. The molecule has 8 heteroatoms. The number of ether oxygens (including phenoxy) is 6. The van der Waals surface area contributed by atoms with Crippen LogP contribution in [0.4, 0.5) is 0 Å². The zero-order valence-electron chi connectivity index (χ0n) is 19.2. The Morgan fingerprint density at radius 3 is 1.97 bits per heavy atom. The Labute approximate surface area is 202 Å². The van der Waals surface area contributed by atoms with Crippen molar-refractivity contribution in [3.63, 3.8) is 0 Å². The number of aliphatic hydroxyl groups is 1. The molecule has 2 saturated heterocycles. The summed E-state index contributed by atoms with van der Waals surface area (Å²) in [4.78, 5) is 12.5. The summed E-state index contributed by atoms with van der Waals surface area (Å²) in [6.45, 7) is 4.30. The van der Waals surface area contributed by atoms with Crippen molar-refractivity contribution in [2.75, 3.05) is 26.4 Å². The lowest BCUT2D eigenvalue weighted by Gasteiger charge is -2.16. The van der Waals surface area contributed by atoms with Crippen LogP contribution in [0.25, 0.3) is 0 Å². The van der Waals surface area contributed by atoms with Crippen molar-refractivity contribution in [1.29, 1.82) is 0 Å². The molecule has 3 aromatic rings. The minimum atomic E-state index is -1.16. The summed E-state index contributed by atoms with van der Waals surface area (Å²) in [6, 6.07) is 18.8. The molecule has 2 aliphatic heterocycles. The van der Waals surface area contributed by atoms with Gasteiger partial charge >= 0.3 is 5.97 Å². The molecule has 0 spiro atoms. The zero-order valence-corrected chi connectivity index (χ0v) is 19.2. The molecule has 0 bridgehead atoms. The Morgan fingerprint density at radius 1 is 0.886 bits per heavy atom. The van der Waals surface area contributed by atoms with E-state index < -0.39 is 12.3 Å². The first-order valence-electron chi connectivity index (χ1n) is 11.4. The molecule has 2 aliphatic rings. The summed E-state index contributed by atoms with van der Waals surface area (Å²) in [5.74, 6) is 1.74. The molecule has 3 aromatic carbocycles. The molecule has 0 aromatic heterocycles. The van der Waals surface area contributed by atoms with E-state index in [1.807, 2.05) is 6.92 Å². The zero-order chi connectivity index (χ0) is 24.2. The van der Waals surface area contributed by atoms with E-state index in [1.54, 1.807) is 66.7 Å². The van der Waals surface area contributed by atoms with Crippen LogP contribution in [0, 0.1) is 6.92 Å². The maximum Gasteiger partial charge on any atom is 0.343 e. The molecule has 0 aliphatic carbocycles. The smallest absolute Gasteiger partial charge is 0.343 e. The van der Waals surface area contributed by atoms with E-state index in [0.717, 1.165) is 13.2 Å². The molecule has 1 N–H and O–H groups in total. The first-order chi connectivity index (χ1) is 17.0. The third-order valence-electron chi connectivity index (χ3n) is 5.53. The predicted molar refractivity (Wildman–Crippen MR) is 125 cm³/mol. The molecule has 182 valence electrons. The SMILES string of the molecule is Cc1cc(OC(=O)c2ccc(OCC3CO3)cc2)ccc1OC(O)c1ccc(OCC2CO2)cc1. The van der Waals surface area contributed by atoms with Gasteiger partial charge in [0.15, 0.2) is 0 Å². The van der Waals surface area contributed by atoms with E-state index in [-0.39, 0.29) is 12.2 Å². The van der Waals surface area contributed by atoms with Crippen molar-refractivity contribution in [3.05, 3.63) is 83.4 Å². The van der Waals surface area contributed by atoms with Crippen molar-refractivity contribution >= 4 is 5.97 Å². The molecule has 8 nitrogen and oxygen atoms in total. The minimum Gasteiger partial charge on any atom is -0.491 e. The average molecular weight is 478 g/mol. The van der Waals surface area contributed by atoms with E-state index in [0.29, 0.717) is 52.9 Å². The topological polar surface area (TPSA) is 99.3 Å². The van der Waals surface area contributed by atoms with Crippen LogP contribution >= 0.6 is 0 Å². The van der Waals surface area contributed by atoms with Crippen molar-refractivity contribution in [1.82, 2.24) is 0 Å². The number of aliphatic hydroxyl groups excluding tert-OH is 1. The van der Waals surface area contributed by atoms with Gasteiger partial charge in [-0.05, 0) is 79.2 Å². The summed E-state index contributed by atoms with van der Waals surface area (Å²) in [5, 5.41) is 10.5. The standard InChI is InChI=1S/C27H26O8/c1-17-12-22(34-26(28)18-2-6-20(7-3-18)30-13-23-15-32-23)10-11-25(17)35-27(29)19-4-8-21(9-5-19)31-14-24-16-33-24/h2-12,23-24,27,29H,13-16H2,1H3. The Balaban J connectivity index is 1.14. The Morgan fingerprint density at radius 2 is 1.43 bits per heavy atom. The number of aryl methyl sites for hydroxylation is 1. The minimum absolute atomic E-state index is 0.170. The Bertz CT molecular complexity index is 1150. The lowest BCUT2D eigenvalue weighted by atomic mass is 10.2. The van der Waals surface area contributed by atoms with Gasteiger partial charge in [-0.3, -0.25) is 0 Å². The fourth-order valence-corrected chi connectivity index (χ4v) is 3.29. The normalized spacial score (nSPS) is 18.9. The van der Waals surface area contributed by atoms with Gasteiger partial charge in [-0.15, -0.1) is 0 Å². The first kappa shape index (κ1) is 23.2. The predicted octanol–water partition coefficient (Wildman–Crippen LogP) is 3.84. The van der Waals surface area contributed by atoms with E-state index in [4.69, 9.17) is 28.4 Å². The molecule has 5 rings (SSSR count). The van der Waals surface area contributed by atoms with Gasteiger partial charge in [0, 0.05) is 5.56 Å². The highest BCUT2D eigenvalue weighted by Gasteiger charge is 2.24. The highest BCUT2D eigenvalue weighted by Crippen LogP contribution is 2.29. The molecular weight excluding hydrogens is 452 g/mol. The summed E-state index contributed by atoms with van der Waals surface area (Å²) >= 11 is 0. The number of epoxide rings is 2. The van der Waals surface area contributed by atoms with Crippen molar-refractivity contribution in [3.8, 4) is 23.0 Å². The fourth-order valence-electron chi connectivity index (χ4n) is 3.29. The van der Waals surface area contributed by atoms with Crippen molar-refractivity contribution in [2.24, 2.45) is 0 Å². The number of esters is 1. The van der Waals surface area contributed by atoms with Gasteiger partial charge in [0.05, 0.1) is 18.8 Å². The van der Waals surface area contributed by atoms with Gasteiger partial charge in [-0.2, -0.15) is 0 Å². The van der Waals surface area contributed by atoms with Crippen LogP contribution in [0.15, 0.2) is 66.7 Å². The number of rotatable bonds is 11. The summed E-state index contributed by atoms with van der Waals surface area (Å²) in [6.07, 6.45) is -0.805. The summed E-state index contributed by atoms with van der Waals surface area (Å²) < 4.78 is 32.6. The Hall–Kier alpha value is -3.59. The van der Waals surface area contributed by atoms with Crippen LogP contribution in [-0.2, 0) is 9.47 Å². The molecule has 35 heavy (non-hydrogen) atoms. The lowest BCUT2D eigenvalue weighted by molar-refractivity contribution is -0.0200. The third-order valence-corrected chi connectivity index (χ3v) is 5.53. The van der Waals surface area contributed by atoms with Gasteiger partial charge in [0.2, 0.25) is 6.29 Å². The molecule has 3 atom stereocenters. The van der Waals surface area contributed by atoms with E-state index >= 15 is 0 Å². The molecule has 2 heterocycles. The van der Waals surface area contributed by atoms with Gasteiger partial charge in [-0.1, -0.05) is 0 Å². The lowest BCUT2D eigenvalue weighted by Crippen LogP contribution is -2.10. The molecule has 0 saturated carbocycles. The largest absolute Gasteiger partial charge is 0.491 e. The number of hydrogen-bond acceptors (Lipinski definition) is 8. The number of hydrogen-bond donors (Lipinski definition) is 1. The van der Waals surface area contributed by atoms with Crippen LogP contribution in [0.1, 0.15) is 27.8 Å². The number of carbonyl (C=O) groups excluding carboxylic acids is 1. The number of carbonyl (C=O) groups is 1. The van der Waals surface area contributed by atoms with Gasteiger partial charge in [-0.25, -0.2) is 4.79 Å². The molecule has 2 fully saturated rings. The van der Waals surface area contributed by atoms with Crippen LogP contribution in [0.2, 0.25) is 0 Å². The molecule has 0 amide bonds. The molecule has 3 unspecified atom stereocenters.